The minimum absolute atomic E-state index is 0.0183. The number of nitrogens with zero attached hydrogens (tertiary/aromatic N) is 2. The highest BCUT2D eigenvalue weighted by Crippen LogP contribution is 2.54. The van der Waals surface area contributed by atoms with Crippen molar-refractivity contribution in [1.29, 1.82) is 0 Å². The molecular formula is C52H59N2O22S6+. The van der Waals surface area contributed by atoms with Gasteiger partial charge in [0.2, 0.25) is 5.69 Å². The second-order valence-electron chi connectivity index (χ2n) is 20.3. The van der Waals surface area contributed by atoms with Crippen molar-refractivity contribution in [3.8, 4) is 0 Å². The van der Waals surface area contributed by atoms with E-state index in [0.29, 0.717) is 45.8 Å². The Morgan fingerprint density at radius 1 is 0.622 bits per heavy atom. The maximum Gasteiger partial charge on any atom is 0.335 e. The topological polar surface area (TPSA) is 388 Å². The predicted octanol–water partition coefficient (Wildman–Crippen LogP) is 6.58. The highest BCUT2D eigenvalue weighted by Gasteiger charge is 2.50. The van der Waals surface area contributed by atoms with Crippen LogP contribution in [0.25, 0.3) is 27.1 Å². The van der Waals surface area contributed by atoms with Gasteiger partial charge in [-0.2, -0.15) is 55.1 Å². The fourth-order valence-corrected chi connectivity index (χ4v) is 14.9. The van der Waals surface area contributed by atoms with Crippen LogP contribution in [0.2, 0.25) is 0 Å². The standard InChI is InChI=1S/C52H58N2O22S6/c1-31-25-34(50(55)56)26-32(2)47(31)33(9-15-45-51(3,17-21-75-5)48-39-27-35(79(63,64)65)29-43(81(69,70)71)37(39)11-13-41(48)53(45)19-7-23-77(57,58)59)10-16-46-52(4,18-22-76-6)49-40-28-36(80(66,67)68)30-44(82(72,73)74)38(40)12-14-42(49)54(46)20-8-24-78(60,61)62/h9-16,25-30H,7-8,17-24H2,1-6H3,(H6-,55,56,57,58,59,60,61,62,63,64,65,66,67,68,69,70,71,72,73,74)/p+1. The van der Waals surface area contributed by atoms with Crippen LogP contribution in [0, 0.1) is 13.8 Å². The Morgan fingerprint density at radius 2 is 1.11 bits per heavy atom. The Balaban J connectivity index is 1.60. The van der Waals surface area contributed by atoms with Crippen LogP contribution in [0.15, 0.2) is 110 Å². The Kier molecular flexibility index (Phi) is 17.9. The van der Waals surface area contributed by atoms with Gasteiger partial charge in [0.05, 0.1) is 32.3 Å². The van der Waals surface area contributed by atoms with Crippen LogP contribution in [0.1, 0.15) is 77.7 Å². The fourth-order valence-electron chi connectivity index (χ4n) is 11.2. The Morgan fingerprint density at radius 3 is 1.59 bits per heavy atom. The molecule has 5 aromatic carbocycles. The van der Waals surface area contributed by atoms with Gasteiger partial charge in [0.15, 0.2) is 5.71 Å². The largest absolute Gasteiger partial charge is 0.478 e. The molecule has 2 atom stereocenters. The van der Waals surface area contributed by atoms with E-state index in [4.69, 9.17) is 9.47 Å². The van der Waals surface area contributed by atoms with E-state index in [1.165, 1.54) is 50.6 Å². The normalized spacial score (nSPS) is 18.9. The molecule has 2 aliphatic heterocycles. The number of carboxylic acids is 1. The zero-order valence-electron chi connectivity index (χ0n) is 44.8. The van der Waals surface area contributed by atoms with Gasteiger partial charge in [0.1, 0.15) is 16.3 Å². The number of hydrogen-bond donors (Lipinski definition) is 7. The molecule has 0 spiro atoms. The van der Waals surface area contributed by atoms with E-state index in [0.717, 1.165) is 12.1 Å². The molecule has 24 nitrogen and oxygen atoms in total. The molecule has 82 heavy (non-hydrogen) atoms. The summed E-state index contributed by atoms with van der Waals surface area (Å²) in [6.07, 6.45) is 6.12. The predicted molar refractivity (Wildman–Crippen MR) is 302 cm³/mol. The van der Waals surface area contributed by atoms with Gasteiger partial charge in [-0.3, -0.25) is 27.3 Å². The molecule has 0 saturated carbocycles. The molecule has 0 aliphatic carbocycles. The van der Waals surface area contributed by atoms with Gasteiger partial charge in [-0.05, 0) is 146 Å². The lowest BCUT2D eigenvalue weighted by Gasteiger charge is -2.31. The first-order valence-corrected chi connectivity index (χ1v) is 33.6. The summed E-state index contributed by atoms with van der Waals surface area (Å²) < 4.78 is 225. The zero-order valence-corrected chi connectivity index (χ0v) is 49.7. The summed E-state index contributed by atoms with van der Waals surface area (Å²) in [6, 6.07) is 11.6. The fraction of sp³-hybridized carbons (Fsp3) is 0.346. The van der Waals surface area contributed by atoms with E-state index in [2.05, 4.69) is 0 Å². The summed E-state index contributed by atoms with van der Waals surface area (Å²) in [5.41, 5.74) is 0.478. The van der Waals surface area contributed by atoms with Crippen molar-refractivity contribution in [3.05, 3.63) is 124 Å². The molecule has 0 saturated heterocycles. The van der Waals surface area contributed by atoms with Crippen LogP contribution < -0.4 is 4.90 Å². The third-order valence-corrected chi connectivity index (χ3v) is 19.8. The molecule has 0 radical (unpaired) electrons. The van der Waals surface area contributed by atoms with Crippen molar-refractivity contribution in [2.75, 3.05) is 56.9 Å². The van der Waals surface area contributed by atoms with Crippen molar-refractivity contribution >= 4 is 111 Å². The third-order valence-electron chi connectivity index (χ3n) is 14.7. The number of hydrogen-bond acceptors (Lipinski definition) is 16. The van der Waals surface area contributed by atoms with Crippen LogP contribution in [0.5, 0.6) is 0 Å². The summed E-state index contributed by atoms with van der Waals surface area (Å²) in [5.74, 6) is -2.73. The van der Waals surface area contributed by atoms with Gasteiger partial charge < -0.3 is 19.5 Å². The average molecular weight is 1260 g/mol. The quantitative estimate of drug-likeness (QED) is 0.0206. The highest BCUT2D eigenvalue weighted by molar-refractivity contribution is 7.87. The van der Waals surface area contributed by atoms with E-state index in [9.17, 15) is 87.7 Å². The van der Waals surface area contributed by atoms with Crippen molar-refractivity contribution in [1.82, 2.24) is 0 Å². The molecule has 30 heteroatoms. The number of allylic oxidation sites excluding steroid dienone is 6. The number of benzene rings is 5. The van der Waals surface area contributed by atoms with Crippen molar-refractivity contribution in [2.45, 2.75) is 83.8 Å². The van der Waals surface area contributed by atoms with Gasteiger partial charge in [0.25, 0.3) is 60.7 Å². The number of ether oxygens (including phenoxy) is 2. The maximum absolute atomic E-state index is 12.9. The highest BCUT2D eigenvalue weighted by atomic mass is 32.2. The van der Waals surface area contributed by atoms with Gasteiger partial charge in [-0.15, -0.1) is 0 Å². The minimum Gasteiger partial charge on any atom is -0.478 e. The van der Waals surface area contributed by atoms with E-state index in [-0.39, 0.29) is 102 Å². The van der Waals surface area contributed by atoms with Gasteiger partial charge in [-0.1, -0.05) is 12.1 Å². The molecule has 0 fully saturated rings. The van der Waals surface area contributed by atoms with E-state index < -0.39 is 109 Å². The van der Waals surface area contributed by atoms with Gasteiger partial charge in [-0.25, -0.2) is 4.79 Å². The number of carboxylic acid groups (broad SMARTS) is 1. The molecule has 0 amide bonds. The molecule has 2 aliphatic rings. The molecule has 7 N–H and O–H groups in total. The summed E-state index contributed by atoms with van der Waals surface area (Å²) in [7, 11) is -27.0. The van der Waals surface area contributed by atoms with E-state index in [1.807, 2.05) is 0 Å². The van der Waals surface area contributed by atoms with Crippen LogP contribution in [0.3, 0.4) is 0 Å². The van der Waals surface area contributed by atoms with Crippen LogP contribution in [-0.4, -0.2) is 151 Å². The molecule has 2 heterocycles. The number of carbonyl (C=O) groups is 1. The Bertz CT molecular complexity index is 4320. The van der Waals surface area contributed by atoms with E-state index >= 15 is 0 Å². The molecule has 7 rings (SSSR count). The zero-order chi connectivity index (χ0) is 61.1. The van der Waals surface area contributed by atoms with Crippen molar-refractivity contribution < 1.29 is 102 Å². The molecule has 2 unspecified atom stereocenters. The lowest BCUT2D eigenvalue weighted by Crippen LogP contribution is -2.33. The van der Waals surface area contributed by atoms with Gasteiger partial charge >= 0.3 is 5.97 Å². The summed E-state index contributed by atoms with van der Waals surface area (Å²) in [5, 5.41) is 9.66. The first-order valence-electron chi connectivity index (χ1n) is 24.7. The average Bonchev–Trinajstić information content (AvgIpc) is 2.45. The van der Waals surface area contributed by atoms with Gasteiger partial charge in [0, 0.05) is 85.7 Å². The molecule has 0 aromatic heterocycles. The summed E-state index contributed by atoms with van der Waals surface area (Å²) in [4.78, 5) is 10.5. The number of aromatic carboxylic acids is 1. The molecule has 5 aromatic rings. The number of fused-ring (bicyclic) bond motifs is 6. The SMILES string of the molecule is COCCC1(C)C(/C=C/C(=C/C=C2/N(CCCS(=O)(=O)O)c3ccc4c(S(=O)(=O)O)cc(S(=O)(=O)O)cc4c3C2(C)CCOC)c2c(C)cc(C(=O)O)cc2C)=[N+](CCCS(=O)(=O)O)c2ccc3c(S(=O)(=O)O)cc(S(=O)(=O)O)cc3c21. The second-order valence-corrected chi connectivity index (χ2v) is 29.0. The first kappa shape index (κ1) is 63.7. The Labute approximate surface area is 474 Å². The van der Waals surface area contributed by atoms with Crippen LogP contribution >= 0.6 is 0 Å². The maximum atomic E-state index is 12.9. The number of aryl methyl sites for hydroxylation is 2. The van der Waals surface area contributed by atoms with Crippen LogP contribution in [-0.2, 0) is 81.0 Å². The smallest absolute Gasteiger partial charge is 0.335 e. The molecular weight excluding hydrogens is 1200 g/mol. The lowest BCUT2D eigenvalue weighted by atomic mass is 9.74. The number of rotatable bonds is 23. The summed E-state index contributed by atoms with van der Waals surface area (Å²) in [6.45, 7) is 6.31. The molecule has 0 bridgehead atoms. The van der Waals surface area contributed by atoms with Crippen molar-refractivity contribution in [3.63, 3.8) is 0 Å². The monoisotopic (exact) mass is 1260 g/mol. The molecule has 444 valence electrons. The lowest BCUT2D eigenvalue weighted by molar-refractivity contribution is -0.437. The Hall–Kier alpha value is -5.84. The van der Waals surface area contributed by atoms with Crippen molar-refractivity contribution in [2.24, 2.45) is 0 Å². The van der Waals surface area contributed by atoms with Crippen LogP contribution in [0.4, 0.5) is 11.4 Å². The van der Waals surface area contributed by atoms with E-state index in [1.54, 1.807) is 61.5 Å². The number of methoxy groups -OCH3 is 2. The second kappa shape index (κ2) is 23.0. The summed E-state index contributed by atoms with van der Waals surface area (Å²) >= 11 is 0. The minimum atomic E-state index is -5.19. The first-order chi connectivity index (χ1) is 37.8. The number of anilines is 1. The third kappa shape index (κ3) is 13.1.